The maximum Gasteiger partial charge on any atom is 0.270 e. The van der Waals surface area contributed by atoms with Crippen LogP contribution >= 0.6 is 0 Å². The van der Waals surface area contributed by atoms with Crippen molar-refractivity contribution < 1.29 is 23.9 Å². The summed E-state index contributed by atoms with van der Waals surface area (Å²) in [4.78, 5) is 15.9. The Morgan fingerprint density at radius 3 is 2.91 bits per heavy atom. The van der Waals surface area contributed by atoms with Crippen LogP contribution in [0.4, 0.5) is 5.69 Å². The van der Waals surface area contributed by atoms with Crippen molar-refractivity contribution in [3.8, 4) is 17.0 Å². The van der Waals surface area contributed by atoms with E-state index in [0.717, 1.165) is 74.3 Å². The molecule has 3 heterocycles. The largest absolute Gasteiger partial charge is 0.475 e. The van der Waals surface area contributed by atoms with Gasteiger partial charge in [0.15, 0.2) is 6.29 Å². The summed E-state index contributed by atoms with van der Waals surface area (Å²) in [5.74, 6) is 0.993. The first-order valence-corrected chi connectivity index (χ1v) is 11.8. The quantitative estimate of drug-likeness (QED) is 0.328. The van der Waals surface area contributed by atoms with Crippen molar-refractivity contribution in [2.75, 3.05) is 33.0 Å². The van der Waals surface area contributed by atoms with Gasteiger partial charge >= 0.3 is 0 Å². The summed E-state index contributed by atoms with van der Waals surface area (Å²) in [5, 5.41) is 11.4. The molecule has 0 amide bonds. The first kappa shape index (κ1) is 22.3. The summed E-state index contributed by atoms with van der Waals surface area (Å²) in [6.07, 6.45) is 4.95. The predicted molar refractivity (Wildman–Crippen MR) is 121 cm³/mol. The molecule has 3 fully saturated rings. The molecular formula is C25H30N2O6. The normalized spacial score (nSPS) is 26.5. The van der Waals surface area contributed by atoms with Crippen molar-refractivity contribution in [2.45, 2.75) is 50.7 Å². The maximum absolute atomic E-state index is 11.4. The van der Waals surface area contributed by atoms with Crippen LogP contribution in [-0.2, 0) is 19.6 Å². The molecular weight excluding hydrogens is 424 g/mol. The van der Waals surface area contributed by atoms with Crippen molar-refractivity contribution in [3.05, 3.63) is 51.7 Å². The Hall–Kier alpha value is -2.55. The van der Waals surface area contributed by atoms with Crippen LogP contribution in [0.1, 0.15) is 43.4 Å². The third-order valence-electron chi connectivity index (χ3n) is 7.07. The fourth-order valence-electron chi connectivity index (χ4n) is 5.02. The second kappa shape index (κ2) is 9.37. The fourth-order valence-corrected chi connectivity index (χ4v) is 5.02. The van der Waals surface area contributed by atoms with E-state index < -0.39 is 0 Å². The lowest BCUT2D eigenvalue weighted by molar-refractivity contribution is -0.384. The molecule has 2 aliphatic heterocycles. The minimum absolute atomic E-state index is 0.0213. The second-order valence-electron chi connectivity index (χ2n) is 9.23. The van der Waals surface area contributed by atoms with Gasteiger partial charge in [-0.3, -0.25) is 10.1 Å². The third-order valence-corrected chi connectivity index (χ3v) is 7.07. The zero-order valence-electron chi connectivity index (χ0n) is 19.0. The smallest absolute Gasteiger partial charge is 0.270 e. The van der Waals surface area contributed by atoms with Crippen molar-refractivity contribution in [1.29, 1.82) is 0 Å². The van der Waals surface area contributed by atoms with Crippen LogP contribution in [0.15, 0.2) is 30.3 Å². The van der Waals surface area contributed by atoms with E-state index >= 15 is 0 Å². The van der Waals surface area contributed by atoms with Gasteiger partial charge < -0.3 is 18.9 Å². The summed E-state index contributed by atoms with van der Waals surface area (Å²) in [7, 11) is 0. The second-order valence-corrected chi connectivity index (χ2v) is 9.23. The number of nitro benzene ring substituents is 1. The fraction of sp³-hybridized carbons (Fsp3) is 0.560. The van der Waals surface area contributed by atoms with E-state index in [0.29, 0.717) is 25.0 Å². The summed E-state index contributed by atoms with van der Waals surface area (Å²) in [6, 6.07) is 8.92. The van der Waals surface area contributed by atoms with E-state index in [1.54, 1.807) is 12.1 Å². The molecule has 1 aliphatic carbocycles. The Balaban J connectivity index is 1.39. The Morgan fingerprint density at radius 1 is 1.21 bits per heavy atom. The monoisotopic (exact) mass is 454 g/mol. The molecule has 1 saturated carbocycles. The highest BCUT2D eigenvalue weighted by Crippen LogP contribution is 2.58. The van der Waals surface area contributed by atoms with E-state index in [1.165, 1.54) is 6.07 Å². The van der Waals surface area contributed by atoms with Gasteiger partial charge in [0.1, 0.15) is 6.61 Å². The molecule has 0 spiro atoms. The SMILES string of the molecule is Cc1ccc([N+](=O)[O-])cc1-c1cc(OCCOC2CCCCO2)nc(C23CCOCC2C3)c1. The molecule has 33 heavy (non-hydrogen) atoms. The van der Waals surface area contributed by atoms with Crippen molar-refractivity contribution in [2.24, 2.45) is 5.92 Å². The van der Waals surface area contributed by atoms with Gasteiger partial charge in [0.25, 0.3) is 5.69 Å². The zero-order valence-corrected chi connectivity index (χ0v) is 19.0. The number of aromatic nitrogens is 1. The average molecular weight is 455 g/mol. The molecule has 8 heteroatoms. The van der Waals surface area contributed by atoms with Gasteiger partial charge in [-0.15, -0.1) is 0 Å². The first-order chi connectivity index (χ1) is 16.0. The van der Waals surface area contributed by atoms with E-state index in [4.69, 9.17) is 23.9 Å². The number of nitro groups is 1. The van der Waals surface area contributed by atoms with Gasteiger partial charge in [0, 0.05) is 36.8 Å². The number of rotatable bonds is 8. The van der Waals surface area contributed by atoms with Crippen molar-refractivity contribution in [1.82, 2.24) is 4.98 Å². The minimum Gasteiger partial charge on any atom is -0.475 e. The average Bonchev–Trinajstić information content (AvgIpc) is 3.59. The Labute approximate surface area is 193 Å². The Kier molecular flexibility index (Phi) is 6.32. The topological polar surface area (TPSA) is 93.0 Å². The summed E-state index contributed by atoms with van der Waals surface area (Å²) in [5.41, 5.74) is 3.77. The molecule has 3 unspecified atom stereocenters. The molecule has 0 bridgehead atoms. The van der Waals surface area contributed by atoms with Crippen LogP contribution < -0.4 is 4.74 Å². The number of non-ortho nitro benzene ring substituents is 1. The van der Waals surface area contributed by atoms with Gasteiger partial charge in [0.05, 0.1) is 23.8 Å². The number of hydrogen-bond donors (Lipinski definition) is 0. The van der Waals surface area contributed by atoms with Crippen LogP contribution in [0, 0.1) is 23.0 Å². The van der Waals surface area contributed by atoms with Crippen molar-refractivity contribution in [3.63, 3.8) is 0 Å². The standard InChI is InChI=1S/C25H30N2O6/c1-17-5-6-20(27(28)29)14-21(17)18-12-22(25-7-9-30-16-19(25)15-25)26-23(13-18)31-10-11-33-24-4-2-3-8-32-24/h5-6,12-14,19,24H,2-4,7-11,15-16H2,1H3. The lowest BCUT2D eigenvalue weighted by atomic mass is 9.90. The van der Waals surface area contributed by atoms with Gasteiger partial charge in [0.2, 0.25) is 5.88 Å². The number of aryl methyl sites for hydroxylation is 1. The Morgan fingerprint density at radius 2 is 2.12 bits per heavy atom. The molecule has 1 aromatic carbocycles. The highest BCUT2D eigenvalue weighted by molar-refractivity contribution is 5.71. The Bertz CT molecular complexity index is 1020. The molecule has 5 rings (SSSR count). The molecule has 0 N–H and O–H groups in total. The number of hydrogen-bond acceptors (Lipinski definition) is 7. The number of benzene rings is 1. The molecule has 2 aromatic rings. The highest BCUT2D eigenvalue weighted by Gasteiger charge is 2.57. The van der Waals surface area contributed by atoms with E-state index in [1.807, 2.05) is 13.0 Å². The molecule has 0 radical (unpaired) electrons. The van der Waals surface area contributed by atoms with Gasteiger partial charge in [-0.25, -0.2) is 4.98 Å². The number of pyridine rings is 1. The van der Waals surface area contributed by atoms with Gasteiger partial charge in [-0.05, 0) is 67.7 Å². The molecule has 176 valence electrons. The maximum atomic E-state index is 11.4. The molecule has 1 aromatic heterocycles. The zero-order chi connectivity index (χ0) is 22.8. The minimum atomic E-state index is -0.360. The summed E-state index contributed by atoms with van der Waals surface area (Å²) in [6.45, 7) is 4.97. The van der Waals surface area contributed by atoms with E-state index in [2.05, 4.69) is 6.07 Å². The van der Waals surface area contributed by atoms with Crippen LogP contribution in [-0.4, -0.2) is 49.2 Å². The highest BCUT2D eigenvalue weighted by atomic mass is 16.7. The van der Waals surface area contributed by atoms with E-state index in [-0.39, 0.29) is 22.3 Å². The lowest BCUT2D eigenvalue weighted by Gasteiger charge is -2.24. The molecule has 3 aliphatic rings. The van der Waals surface area contributed by atoms with E-state index in [9.17, 15) is 10.1 Å². The first-order valence-electron chi connectivity index (χ1n) is 11.8. The van der Waals surface area contributed by atoms with Crippen LogP contribution in [0.2, 0.25) is 0 Å². The molecule has 8 nitrogen and oxygen atoms in total. The molecule has 3 atom stereocenters. The van der Waals surface area contributed by atoms with Crippen LogP contribution in [0.25, 0.3) is 11.1 Å². The van der Waals surface area contributed by atoms with Gasteiger partial charge in [-0.1, -0.05) is 6.07 Å². The van der Waals surface area contributed by atoms with Crippen LogP contribution in [0.5, 0.6) is 5.88 Å². The molecule has 2 saturated heterocycles. The lowest BCUT2D eigenvalue weighted by Crippen LogP contribution is -2.25. The van der Waals surface area contributed by atoms with Crippen LogP contribution in [0.3, 0.4) is 0 Å². The summed E-state index contributed by atoms with van der Waals surface area (Å²) >= 11 is 0. The number of fused-ring (bicyclic) bond motifs is 1. The third kappa shape index (κ3) is 4.74. The van der Waals surface area contributed by atoms with Gasteiger partial charge in [-0.2, -0.15) is 0 Å². The van der Waals surface area contributed by atoms with Crippen molar-refractivity contribution >= 4 is 5.69 Å². The number of ether oxygens (including phenoxy) is 4. The predicted octanol–water partition coefficient (Wildman–Crippen LogP) is 4.57. The summed E-state index contributed by atoms with van der Waals surface area (Å²) < 4.78 is 23.1. The number of nitrogens with zero attached hydrogens (tertiary/aromatic N) is 2.